The number of rotatable bonds is 5. The second-order valence-corrected chi connectivity index (χ2v) is 5.72. The van der Waals surface area contributed by atoms with Crippen molar-refractivity contribution in [1.29, 1.82) is 0 Å². The van der Waals surface area contributed by atoms with Gasteiger partial charge in [-0.2, -0.15) is 5.10 Å². The van der Waals surface area contributed by atoms with Crippen molar-refractivity contribution in [2.24, 2.45) is 18.8 Å². The van der Waals surface area contributed by atoms with Crippen LogP contribution in [0, 0.1) is 5.92 Å². The van der Waals surface area contributed by atoms with Crippen LogP contribution in [0.1, 0.15) is 17.5 Å². The molecule has 3 rings (SSSR count). The molecule has 0 spiro atoms. The molecule has 5 heteroatoms. The molecule has 0 aliphatic carbocycles. The molecule has 0 radical (unpaired) electrons. The third kappa shape index (κ3) is 3.25. The van der Waals surface area contributed by atoms with Gasteiger partial charge in [-0.05, 0) is 36.5 Å². The van der Waals surface area contributed by atoms with E-state index >= 15 is 0 Å². The number of benzene rings is 1. The molecule has 2 heterocycles. The zero-order valence-electron chi connectivity index (χ0n) is 12.3. The Morgan fingerprint density at radius 3 is 3.10 bits per heavy atom. The molecule has 2 unspecified atom stereocenters. The van der Waals surface area contributed by atoms with E-state index in [0.717, 1.165) is 31.6 Å². The van der Waals surface area contributed by atoms with Gasteiger partial charge in [0.25, 0.3) is 0 Å². The van der Waals surface area contributed by atoms with Crippen LogP contribution in [0.25, 0.3) is 0 Å². The van der Waals surface area contributed by atoms with Crippen molar-refractivity contribution in [3.8, 4) is 5.75 Å². The predicted molar refractivity (Wildman–Crippen MR) is 81.8 cm³/mol. The molecule has 0 fully saturated rings. The number of ether oxygens (including phenoxy) is 1. The number of hydrogen-bond acceptors (Lipinski definition) is 4. The Bertz CT molecular complexity index is 595. The highest BCUT2D eigenvalue weighted by atomic mass is 16.5. The van der Waals surface area contributed by atoms with E-state index in [1.807, 2.05) is 30.1 Å². The van der Waals surface area contributed by atoms with Crippen molar-refractivity contribution in [1.82, 2.24) is 15.2 Å². The lowest BCUT2D eigenvalue weighted by atomic mass is 9.88. The molecule has 1 aromatic carbocycles. The van der Waals surface area contributed by atoms with E-state index in [4.69, 9.17) is 10.6 Å². The molecule has 3 N–H and O–H groups in total. The summed E-state index contributed by atoms with van der Waals surface area (Å²) in [6.07, 6.45) is 6.94. The van der Waals surface area contributed by atoms with Crippen molar-refractivity contribution in [2.45, 2.75) is 25.3 Å². The summed E-state index contributed by atoms with van der Waals surface area (Å²) in [6.45, 7) is 0.721. The van der Waals surface area contributed by atoms with E-state index in [0.29, 0.717) is 5.92 Å². The molecular weight excluding hydrogens is 264 g/mol. The van der Waals surface area contributed by atoms with Crippen LogP contribution >= 0.6 is 0 Å². The molecule has 5 nitrogen and oxygen atoms in total. The van der Waals surface area contributed by atoms with Crippen molar-refractivity contribution in [2.75, 3.05) is 6.61 Å². The second-order valence-electron chi connectivity index (χ2n) is 5.72. The Labute approximate surface area is 125 Å². The second kappa shape index (κ2) is 6.28. The molecule has 1 aromatic heterocycles. The highest BCUT2D eigenvalue weighted by Gasteiger charge is 2.26. The molecule has 0 bridgehead atoms. The first kappa shape index (κ1) is 14.1. The van der Waals surface area contributed by atoms with Crippen LogP contribution in [-0.4, -0.2) is 22.4 Å². The van der Waals surface area contributed by atoms with E-state index < -0.39 is 0 Å². The quantitative estimate of drug-likeness (QED) is 0.645. The summed E-state index contributed by atoms with van der Waals surface area (Å²) in [6, 6.07) is 8.49. The topological polar surface area (TPSA) is 65.1 Å². The minimum absolute atomic E-state index is 0.249. The SMILES string of the molecule is Cn1cc(CCC(NN)C2COc3ccccc3C2)cn1. The van der Waals surface area contributed by atoms with Gasteiger partial charge in [0.15, 0.2) is 0 Å². The fourth-order valence-electron chi connectivity index (χ4n) is 2.99. The zero-order valence-corrected chi connectivity index (χ0v) is 12.3. The fraction of sp³-hybridized carbons (Fsp3) is 0.438. The number of aromatic nitrogens is 2. The van der Waals surface area contributed by atoms with Crippen molar-refractivity contribution < 1.29 is 4.74 Å². The van der Waals surface area contributed by atoms with Crippen molar-refractivity contribution in [3.63, 3.8) is 0 Å². The van der Waals surface area contributed by atoms with Gasteiger partial charge in [0.1, 0.15) is 5.75 Å². The van der Waals surface area contributed by atoms with Gasteiger partial charge in [0.2, 0.25) is 0 Å². The highest BCUT2D eigenvalue weighted by molar-refractivity contribution is 5.35. The fourth-order valence-corrected chi connectivity index (χ4v) is 2.99. The Morgan fingerprint density at radius 1 is 1.48 bits per heavy atom. The minimum Gasteiger partial charge on any atom is -0.493 e. The van der Waals surface area contributed by atoms with Crippen LogP contribution in [0.4, 0.5) is 0 Å². The number of para-hydroxylation sites is 1. The summed E-state index contributed by atoms with van der Waals surface area (Å²) < 4.78 is 7.70. The minimum atomic E-state index is 0.249. The van der Waals surface area contributed by atoms with Gasteiger partial charge in [0.05, 0.1) is 12.8 Å². The molecule has 2 aromatic rings. The standard InChI is InChI=1S/C16H22N4O/c1-20-10-12(9-18-20)6-7-15(19-17)14-8-13-4-2-3-5-16(13)21-11-14/h2-5,9-10,14-15,19H,6-8,11,17H2,1H3. The summed E-state index contributed by atoms with van der Waals surface area (Å²) in [5, 5.41) is 4.20. The number of nitrogens with one attached hydrogen (secondary N) is 1. The van der Waals surface area contributed by atoms with E-state index in [9.17, 15) is 0 Å². The molecule has 21 heavy (non-hydrogen) atoms. The summed E-state index contributed by atoms with van der Waals surface area (Å²) in [5.41, 5.74) is 5.49. The van der Waals surface area contributed by atoms with E-state index in [2.05, 4.69) is 28.9 Å². The van der Waals surface area contributed by atoms with Crippen LogP contribution in [0.2, 0.25) is 0 Å². The normalized spacial score (nSPS) is 18.9. The lowest BCUT2D eigenvalue weighted by Crippen LogP contribution is -2.45. The molecule has 0 saturated heterocycles. The number of aryl methyl sites for hydroxylation is 2. The molecule has 1 aliphatic heterocycles. The summed E-state index contributed by atoms with van der Waals surface area (Å²) >= 11 is 0. The van der Waals surface area contributed by atoms with E-state index in [1.165, 1.54) is 11.1 Å². The number of nitrogens with two attached hydrogens (primary N) is 1. The lowest BCUT2D eigenvalue weighted by molar-refractivity contribution is 0.179. The van der Waals surface area contributed by atoms with Gasteiger partial charge in [-0.3, -0.25) is 16.0 Å². The zero-order chi connectivity index (χ0) is 14.7. The average molecular weight is 286 g/mol. The summed E-state index contributed by atoms with van der Waals surface area (Å²) in [5.74, 6) is 7.18. The van der Waals surface area contributed by atoms with Crippen LogP contribution in [-0.2, 0) is 19.9 Å². The van der Waals surface area contributed by atoms with Crippen LogP contribution in [0.3, 0.4) is 0 Å². The maximum atomic E-state index is 5.86. The first-order chi connectivity index (χ1) is 10.3. The van der Waals surface area contributed by atoms with E-state index in [1.54, 1.807) is 0 Å². The largest absolute Gasteiger partial charge is 0.493 e. The van der Waals surface area contributed by atoms with Crippen LogP contribution < -0.4 is 16.0 Å². The number of nitrogens with zero attached hydrogens (tertiary/aromatic N) is 2. The van der Waals surface area contributed by atoms with Crippen LogP contribution in [0.15, 0.2) is 36.7 Å². The average Bonchev–Trinajstić information content (AvgIpc) is 2.93. The molecule has 2 atom stereocenters. The first-order valence-electron chi connectivity index (χ1n) is 7.40. The van der Waals surface area contributed by atoms with Crippen molar-refractivity contribution >= 4 is 0 Å². The van der Waals surface area contributed by atoms with Gasteiger partial charge in [-0.25, -0.2) is 0 Å². The summed E-state index contributed by atoms with van der Waals surface area (Å²) in [7, 11) is 1.94. The summed E-state index contributed by atoms with van der Waals surface area (Å²) in [4.78, 5) is 0. The number of hydrazine groups is 1. The third-order valence-corrected chi connectivity index (χ3v) is 4.19. The number of fused-ring (bicyclic) bond motifs is 1. The third-order valence-electron chi connectivity index (χ3n) is 4.19. The molecule has 0 amide bonds. The van der Waals surface area contributed by atoms with Gasteiger partial charge >= 0.3 is 0 Å². The lowest BCUT2D eigenvalue weighted by Gasteiger charge is -2.31. The first-order valence-corrected chi connectivity index (χ1v) is 7.40. The monoisotopic (exact) mass is 286 g/mol. The van der Waals surface area contributed by atoms with Gasteiger partial charge in [-0.1, -0.05) is 18.2 Å². The van der Waals surface area contributed by atoms with Gasteiger partial charge in [-0.15, -0.1) is 0 Å². The molecule has 0 saturated carbocycles. The number of hydrogen-bond donors (Lipinski definition) is 2. The molecule has 1 aliphatic rings. The Kier molecular flexibility index (Phi) is 4.22. The molecular formula is C16H22N4O. The smallest absolute Gasteiger partial charge is 0.122 e. The van der Waals surface area contributed by atoms with E-state index in [-0.39, 0.29) is 6.04 Å². The maximum absolute atomic E-state index is 5.86. The maximum Gasteiger partial charge on any atom is 0.122 e. The van der Waals surface area contributed by atoms with Gasteiger partial charge < -0.3 is 4.74 Å². The Balaban J connectivity index is 1.62. The van der Waals surface area contributed by atoms with Gasteiger partial charge in [0, 0.05) is 25.2 Å². The van der Waals surface area contributed by atoms with Crippen LogP contribution in [0.5, 0.6) is 5.75 Å². The highest BCUT2D eigenvalue weighted by Crippen LogP contribution is 2.29. The Morgan fingerprint density at radius 2 is 2.33 bits per heavy atom. The van der Waals surface area contributed by atoms with Crippen molar-refractivity contribution in [3.05, 3.63) is 47.8 Å². The Hall–Kier alpha value is -1.85. The molecule has 112 valence electrons. The predicted octanol–water partition coefficient (Wildman–Crippen LogP) is 1.44.